The fourth-order valence-corrected chi connectivity index (χ4v) is 4.17. The van der Waals surface area contributed by atoms with Crippen LogP contribution in [0.3, 0.4) is 0 Å². The molecule has 1 aromatic carbocycles. The van der Waals surface area contributed by atoms with E-state index in [0.717, 1.165) is 5.56 Å². The summed E-state index contributed by atoms with van der Waals surface area (Å²) in [6, 6.07) is 14.5. The Kier molecular flexibility index (Phi) is 5.48. The summed E-state index contributed by atoms with van der Waals surface area (Å²) in [7, 11) is -2.13. The fourth-order valence-electron chi connectivity index (χ4n) is 3.04. The quantitative estimate of drug-likeness (QED) is 0.789. The second-order valence-corrected chi connectivity index (χ2v) is 8.29. The summed E-state index contributed by atoms with van der Waals surface area (Å²) in [6.45, 7) is 0.290. The molecule has 25 heavy (non-hydrogen) atoms. The van der Waals surface area contributed by atoms with Gasteiger partial charge in [-0.2, -0.15) is 17.4 Å². The standard InChI is InChI=1S/C18H23N3O3S/c1-21(13-14-7-3-2-4-8-14)25(23,24)20-18(15-11-16(22)12-15)17-9-5-6-10-19-17/h2-10,15-16,18,20,22H,11-13H2,1H3/t15?,16?,18-/m0/s1. The van der Waals surface area contributed by atoms with Gasteiger partial charge in [-0.05, 0) is 36.5 Å². The smallest absolute Gasteiger partial charge is 0.280 e. The lowest BCUT2D eigenvalue weighted by molar-refractivity contribution is 0.0271. The molecule has 0 saturated heterocycles. The summed E-state index contributed by atoms with van der Waals surface area (Å²) >= 11 is 0. The Morgan fingerprint density at radius 2 is 1.88 bits per heavy atom. The van der Waals surface area contributed by atoms with Crippen molar-refractivity contribution in [2.75, 3.05) is 7.05 Å². The minimum atomic E-state index is -3.68. The Morgan fingerprint density at radius 1 is 1.20 bits per heavy atom. The van der Waals surface area contributed by atoms with Crippen LogP contribution in [0.1, 0.15) is 30.1 Å². The molecule has 2 N–H and O–H groups in total. The number of aliphatic hydroxyl groups excluding tert-OH is 1. The largest absolute Gasteiger partial charge is 0.393 e. The molecule has 1 atom stereocenters. The maximum atomic E-state index is 12.8. The summed E-state index contributed by atoms with van der Waals surface area (Å²) in [5.41, 5.74) is 1.60. The number of pyridine rings is 1. The Balaban J connectivity index is 1.75. The molecule has 1 aliphatic carbocycles. The predicted octanol–water partition coefficient (Wildman–Crippen LogP) is 1.86. The van der Waals surface area contributed by atoms with Gasteiger partial charge in [0.1, 0.15) is 0 Å². The number of aliphatic hydroxyl groups is 1. The summed E-state index contributed by atoms with van der Waals surface area (Å²) < 4.78 is 29.6. The molecule has 1 aromatic heterocycles. The number of nitrogens with one attached hydrogen (secondary N) is 1. The highest BCUT2D eigenvalue weighted by atomic mass is 32.2. The van der Waals surface area contributed by atoms with Crippen molar-refractivity contribution in [3.05, 3.63) is 66.0 Å². The second kappa shape index (κ2) is 7.61. The minimum absolute atomic E-state index is 0.0461. The average molecular weight is 361 g/mol. The van der Waals surface area contributed by atoms with Gasteiger partial charge in [0.2, 0.25) is 0 Å². The van der Waals surface area contributed by atoms with Gasteiger partial charge < -0.3 is 5.11 Å². The van der Waals surface area contributed by atoms with E-state index < -0.39 is 16.3 Å². The van der Waals surface area contributed by atoms with Gasteiger partial charge >= 0.3 is 0 Å². The number of aromatic nitrogens is 1. The third kappa shape index (κ3) is 4.43. The molecule has 7 heteroatoms. The fraction of sp³-hybridized carbons (Fsp3) is 0.389. The van der Waals surface area contributed by atoms with Crippen molar-refractivity contribution in [1.29, 1.82) is 0 Å². The zero-order valence-electron chi connectivity index (χ0n) is 14.1. The first-order chi connectivity index (χ1) is 12.0. The van der Waals surface area contributed by atoms with Crippen molar-refractivity contribution < 1.29 is 13.5 Å². The summed E-state index contributed by atoms with van der Waals surface area (Å²) in [5, 5.41) is 9.61. The molecule has 3 rings (SSSR count). The van der Waals surface area contributed by atoms with E-state index in [-0.39, 0.29) is 12.0 Å². The van der Waals surface area contributed by atoms with E-state index in [1.807, 2.05) is 42.5 Å². The molecule has 134 valence electrons. The van der Waals surface area contributed by atoms with Crippen LogP contribution in [0.5, 0.6) is 0 Å². The zero-order valence-corrected chi connectivity index (χ0v) is 14.9. The third-order valence-corrected chi connectivity index (χ3v) is 6.06. The Hall–Kier alpha value is -1.80. The van der Waals surface area contributed by atoms with Crippen LogP contribution in [0.15, 0.2) is 54.7 Å². The third-order valence-electron chi connectivity index (χ3n) is 4.56. The highest BCUT2D eigenvalue weighted by Crippen LogP contribution is 2.37. The van der Waals surface area contributed by atoms with Gasteiger partial charge in [0.05, 0.1) is 17.8 Å². The highest BCUT2D eigenvalue weighted by Gasteiger charge is 2.38. The van der Waals surface area contributed by atoms with Crippen LogP contribution in [-0.2, 0) is 16.8 Å². The van der Waals surface area contributed by atoms with Crippen LogP contribution in [0.2, 0.25) is 0 Å². The van der Waals surface area contributed by atoms with Crippen LogP contribution < -0.4 is 4.72 Å². The van der Waals surface area contributed by atoms with Crippen LogP contribution in [0, 0.1) is 5.92 Å². The first-order valence-corrected chi connectivity index (χ1v) is 9.76. The maximum absolute atomic E-state index is 12.8. The Labute approximate surface area is 148 Å². The minimum Gasteiger partial charge on any atom is -0.393 e. The van der Waals surface area contributed by atoms with Gasteiger partial charge in [-0.25, -0.2) is 0 Å². The summed E-state index contributed by atoms with van der Waals surface area (Å²) in [4.78, 5) is 4.31. The van der Waals surface area contributed by atoms with E-state index in [9.17, 15) is 13.5 Å². The molecule has 1 fully saturated rings. The van der Waals surface area contributed by atoms with E-state index in [0.29, 0.717) is 25.1 Å². The molecule has 1 heterocycles. The van der Waals surface area contributed by atoms with Gasteiger partial charge in [0.25, 0.3) is 10.2 Å². The molecule has 1 saturated carbocycles. The molecule has 2 aromatic rings. The average Bonchev–Trinajstić information content (AvgIpc) is 2.59. The molecule has 0 radical (unpaired) electrons. The predicted molar refractivity (Wildman–Crippen MR) is 95.7 cm³/mol. The van der Waals surface area contributed by atoms with E-state index >= 15 is 0 Å². The number of hydrogen-bond acceptors (Lipinski definition) is 4. The van der Waals surface area contributed by atoms with Crippen LogP contribution in [0.4, 0.5) is 0 Å². The van der Waals surface area contributed by atoms with Crippen molar-refractivity contribution in [1.82, 2.24) is 14.0 Å². The molecule has 0 bridgehead atoms. The van der Waals surface area contributed by atoms with Crippen molar-refractivity contribution in [3.8, 4) is 0 Å². The molecule has 0 aliphatic heterocycles. The maximum Gasteiger partial charge on any atom is 0.280 e. The normalized spacial score (nSPS) is 21.7. The van der Waals surface area contributed by atoms with Gasteiger partial charge in [-0.1, -0.05) is 36.4 Å². The number of hydrogen-bond donors (Lipinski definition) is 2. The van der Waals surface area contributed by atoms with Crippen molar-refractivity contribution >= 4 is 10.2 Å². The molecule has 6 nitrogen and oxygen atoms in total. The molecule has 0 unspecified atom stereocenters. The molecular formula is C18H23N3O3S. The van der Waals surface area contributed by atoms with Crippen LogP contribution in [0.25, 0.3) is 0 Å². The molecular weight excluding hydrogens is 338 g/mol. The lowest BCUT2D eigenvalue weighted by Crippen LogP contribution is -2.46. The van der Waals surface area contributed by atoms with Crippen molar-refractivity contribution in [2.45, 2.75) is 31.5 Å². The van der Waals surface area contributed by atoms with E-state index in [1.165, 1.54) is 4.31 Å². The Bertz CT molecular complexity index is 778. The zero-order chi connectivity index (χ0) is 17.9. The first kappa shape index (κ1) is 18.0. The van der Waals surface area contributed by atoms with Crippen LogP contribution >= 0.6 is 0 Å². The Morgan fingerprint density at radius 3 is 2.48 bits per heavy atom. The summed E-state index contributed by atoms with van der Waals surface area (Å²) in [6.07, 6.45) is 2.44. The number of benzene rings is 1. The monoisotopic (exact) mass is 361 g/mol. The topological polar surface area (TPSA) is 82.5 Å². The van der Waals surface area contributed by atoms with Crippen molar-refractivity contribution in [2.24, 2.45) is 5.92 Å². The van der Waals surface area contributed by atoms with Gasteiger partial charge in [-0.3, -0.25) is 4.98 Å². The highest BCUT2D eigenvalue weighted by molar-refractivity contribution is 7.87. The van der Waals surface area contributed by atoms with Gasteiger partial charge in [-0.15, -0.1) is 0 Å². The van der Waals surface area contributed by atoms with E-state index in [2.05, 4.69) is 9.71 Å². The van der Waals surface area contributed by atoms with Gasteiger partial charge in [0, 0.05) is 19.8 Å². The van der Waals surface area contributed by atoms with Crippen molar-refractivity contribution in [3.63, 3.8) is 0 Å². The second-order valence-electron chi connectivity index (χ2n) is 6.48. The number of nitrogens with zero attached hydrogens (tertiary/aromatic N) is 2. The van der Waals surface area contributed by atoms with Gasteiger partial charge in [0.15, 0.2) is 0 Å². The molecule has 0 spiro atoms. The molecule has 1 aliphatic rings. The lowest BCUT2D eigenvalue weighted by Gasteiger charge is -2.38. The number of rotatable bonds is 7. The van der Waals surface area contributed by atoms with E-state index in [4.69, 9.17) is 0 Å². The van der Waals surface area contributed by atoms with Crippen LogP contribution in [-0.4, -0.2) is 36.0 Å². The lowest BCUT2D eigenvalue weighted by atomic mass is 9.76. The SMILES string of the molecule is CN(Cc1ccccc1)S(=O)(=O)N[C@H](c1ccccn1)C1CC(O)C1. The summed E-state index contributed by atoms with van der Waals surface area (Å²) in [5.74, 6) is 0.0461. The van der Waals surface area contributed by atoms with E-state index in [1.54, 1.807) is 19.3 Å². The first-order valence-electron chi connectivity index (χ1n) is 8.32. The molecule has 0 amide bonds.